The number of hydrogen-bond acceptors (Lipinski definition) is 5. The van der Waals surface area contributed by atoms with Gasteiger partial charge in [-0.1, -0.05) is 12.1 Å². The fraction of sp³-hybridized carbons (Fsp3) is 0.571. The number of sulfonamides is 1. The third kappa shape index (κ3) is 2.41. The van der Waals surface area contributed by atoms with E-state index in [4.69, 9.17) is 0 Å². The van der Waals surface area contributed by atoms with Crippen LogP contribution in [0.15, 0.2) is 23.1 Å². The molecule has 0 saturated carbocycles. The summed E-state index contributed by atoms with van der Waals surface area (Å²) in [5.74, 6) is 0. The molecule has 0 aromatic heterocycles. The normalized spacial score (nSPS) is 25.9. The number of rotatable bonds is 3. The largest absolute Gasteiger partial charge is 0.315 e. The molecule has 2 heterocycles. The van der Waals surface area contributed by atoms with E-state index in [1.165, 1.54) is 16.4 Å². The Morgan fingerprint density at radius 2 is 2.00 bits per heavy atom. The Balaban J connectivity index is 2.13. The fourth-order valence-corrected chi connectivity index (χ4v) is 5.82. The predicted molar refractivity (Wildman–Crippen MR) is 81.2 cm³/mol. The highest BCUT2D eigenvalue weighted by atomic mass is 32.2. The molecule has 1 aromatic carbocycles. The Morgan fingerprint density at radius 3 is 2.73 bits per heavy atom. The molecule has 2 unspecified atom stereocenters. The van der Waals surface area contributed by atoms with Crippen molar-refractivity contribution in [2.75, 3.05) is 13.1 Å². The van der Waals surface area contributed by atoms with Crippen LogP contribution in [-0.2, 0) is 10.0 Å². The van der Waals surface area contributed by atoms with E-state index in [9.17, 15) is 18.5 Å². The molecular weight excluding hydrogens is 306 g/mol. The maximum Gasteiger partial charge on any atom is 0.289 e. The van der Waals surface area contributed by atoms with Gasteiger partial charge in [0.15, 0.2) is 4.90 Å². The Hall–Kier alpha value is -1.51. The number of hydrogen-bond donors (Lipinski definition) is 1. The monoisotopic (exact) mass is 325 g/mol. The molecule has 0 aliphatic carbocycles. The molecule has 0 amide bonds. The summed E-state index contributed by atoms with van der Waals surface area (Å²) in [6.07, 6.45) is 2.37. The molecule has 0 spiro atoms. The van der Waals surface area contributed by atoms with E-state index in [2.05, 4.69) is 5.32 Å². The van der Waals surface area contributed by atoms with Gasteiger partial charge >= 0.3 is 0 Å². The Kier molecular flexibility index (Phi) is 3.92. The lowest BCUT2D eigenvalue weighted by molar-refractivity contribution is -0.387. The molecule has 2 bridgehead atoms. The second-order valence-electron chi connectivity index (χ2n) is 5.89. The fourth-order valence-electron chi connectivity index (χ4n) is 3.55. The van der Waals surface area contributed by atoms with Crippen LogP contribution < -0.4 is 5.32 Å². The molecule has 3 rings (SSSR count). The van der Waals surface area contributed by atoms with Crippen LogP contribution in [0.3, 0.4) is 0 Å². The van der Waals surface area contributed by atoms with Gasteiger partial charge in [0.25, 0.3) is 15.7 Å². The van der Waals surface area contributed by atoms with Gasteiger partial charge in [-0.25, -0.2) is 8.42 Å². The van der Waals surface area contributed by atoms with Crippen LogP contribution in [0.5, 0.6) is 0 Å². The third-order valence-corrected chi connectivity index (χ3v) is 6.71. The molecule has 2 atom stereocenters. The summed E-state index contributed by atoms with van der Waals surface area (Å²) >= 11 is 0. The van der Waals surface area contributed by atoms with Crippen molar-refractivity contribution >= 4 is 15.7 Å². The molecular formula is C14H19N3O4S. The molecule has 1 aromatic rings. The SMILES string of the molecule is Cc1cccc([N+](=O)[O-])c1S(=O)(=O)N1C2CCNCC1CC2. The van der Waals surface area contributed by atoms with Crippen LogP contribution in [0.1, 0.15) is 24.8 Å². The summed E-state index contributed by atoms with van der Waals surface area (Å²) in [5.41, 5.74) is 0.0856. The van der Waals surface area contributed by atoms with Crippen molar-refractivity contribution in [3.8, 4) is 0 Å². The second-order valence-corrected chi connectivity index (χ2v) is 7.67. The first-order valence-electron chi connectivity index (χ1n) is 7.41. The molecule has 22 heavy (non-hydrogen) atoms. The number of aryl methyl sites for hydroxylation is 1. The molecule has 8 heteroatoms. The van der Waals surface area contributed by atoms with E-state index < -0.39 is 14.9 Å². The lowest BCUT2D eigenvalue weighted by Crippen LogP contribution is -2.42. The number of nitro groups is 1. The van der Waals surface area contributed by atoms with Crippen molar-refractivity contribution in [2.45, 2.75) is 43.2 Å². The minimum atomic E-state index is -3.88. The minimum Gasteiger partial charge on any atom is -0.315 e. The smallest absolute Gasteiger partial charge is 0.289 e. The maximum atomic E-state index is 13.1. The van der Waals surface area contributed by atoms with Crippen molar-refractivity contribution in [1.82, 2.24) is 9.62 Å². The third-order valence-electron chi connectivity index (χ3n) is 4.51. The van der Waals surface area contributed by atoms with Crippen LogP contribution in [0, 0.1) is 17.0 Å². The summed E-state index contributed by atoms with van der Waals surface area (Å²) in [7, 11) is -3.88. The first-order valence-corrected chi connectivity index (χ1v) is 8.85. The van der Waals surface area contributed by atoms with E-state index in [0.29, 0.717) is 12.1 Å². The van der Waals surface area contributed by atoms with Crippen LogP contribution >= 0.6 is 0 Å². The molecule has 7 nitrogen and oxygen atoms in total. The Morgan fingerprint density at radius 1 is 1.27 bits per heavy atom. The van der Waals surface area contributed by atoms with Crippen molar-refractivity contribution in [2.24, 2.45) is 0 Å². The summed E-state index contributed by atoms with van der Waals surface area (Å²) in [4.78, 5) is 10.5. The molecule has 120 valence electrons. The minimum absolute atomic E-state index is 0.0655. The average molecular weight is 325 g/mol. The van der Waals surface area contributed by atoms with Crippen LogP contribution in [0.25, 0.3) is 0 Å². The highest BCUT2D eigenvalue weighted by Crippen LogP contribution is 2.37. The van der Waals surface area contributed by atoms with E-state index in [-0.39, 0.29) is 22.7 Å². The van der Waals surface area contributed by atoms with Gasteiger partial charge < -0.3 is 5.32 Å². The number of fused-ring (bicyclic) bond motifs is 2. The Labute approximate surface area is 129 Å². The lowest BCUT2D eigenvalue weighted by atomic mass is 10.1. The predicted octanol–water partition coefficient (Wildman–Crippen LogP) is 1.42. The molecule has 1 N–H and O–H groups in total. The highest BCUT2D eigenvalue weighted by molar-refractivity contribution is 7.89. The van der Waals surface area contributed by atoms with E-state index in [1.807, 2.05) is 0 Å². The molecule has 2 fully saturated rings. The Bertz CT molecular complexity index is 690. The summed E-state index contributed by atoms with van der Waals surface area (Å²) in [6, 6.07) is 4.21. The highest BCUT2D eigenvalue weighted by Gasteiger charge is 2.45. The zero-order valence-corrected chi connectivity index (χ0v) is 13.2. The topological polar surface area (TPSA) is 92.5 Å². The molecule has 2 aliphatic rings. The van der Waals surface area contributed by atoms with Gasteiger partial charge in [0, 0.05) is 24.7 Å². The standard InChI is InChI=1S/C14H19N3O4S/c1-10-3-2-4-13(17(18)19)14(10)22(20,21)16-11-5-6-12(16)9-15-8-7-11/h2-4,11-12,15H,5-9H2,1H3. The number of nitrogens with one attached hydrogen (secondary N) is 1. The van der Waals surface area contributed by atoms with Crippen LogP contribution in [-0.4, -0.2) is 42.8 Å². The van der Waals surface area contributed by atoms with Crippen molar-refractivity contribution in [3.63, 3.8) is 0 Å². The lowest BCUT2D eigenvalue weighted by Gasteiger charge is -2.27. The zero-order chi connectivity index (χ0) is 15.9. The number of nitrogens with zero attached hydrogens (tertiary/aromatic N) is 2. The van der Waals surface area contributed by atoms with E-state index in [1.54, 1.807) is 13.0 Å². The van der Waals surface area contributed by atoms with Gasteiger partial charge in [0.05, 0.1) is 4.92 Å². The van der Waals surface area contributed by atoms with E-state index >= 15 is 0 Å². The van der Waals surface area contributed by atoms with Gasteiger partial charge in [-0.05, 0) is 38.3 Å². The second kappa shape index (κ2) is 5.60. The summed E-state index contributed by atoms with van der Waals surface area (Å²) < 4.78 is 27.8. The number of benzene rings is 1. The van der Waals surface area contributed by atoms with Gasteiger partial charge in [0.2, 0.25) is 0 Å². The van der Waals surface area contributed by atoms with Crippen molar-refractivity contribution in [3.05, 3.63) is 33.9 Å². The van der Waals surface area contributed by atoms with Gasteiger partial charge in [-0.3, -0.25) is 10.1 Å². The quantitative estimate of drug-likeness (QED) is 0.670. The summed E-state index contributed by atoms with van der Waals surface area (Å²) in [5, 5.41) is 14.5. The average Bonchev–Trinajstić information content (AvgIpc) is 2.72. The first-order chi connectivity index (χ1) is 10.4. The maximum absolute atomic E-state index is 13.1. The summed E-state index contributed by atoms with van der Waals surface area (Å²) in [6.45, 7) is 3.00. The van der Waals surface area contributed by atoms with Crippen molar-refractivity contribution < 1.29 is 13.3 Å². The first kappa shape index (κ1) is 15.4. The van der Waals surface area contributed by atoms with Gasteiger partial charge in [0.1, 0.15) is 0 Å². The molecule has 2 aliphatic heterocycles. The van der Waals surface area contributed by atoms with Crippen molar-refractivity contribution in [1.29, 1.82) is 0 Å². The van der Waals surface area contributed by atoms with Crippen LogP contribution in [0.2, 0.25) is 0 Å². The number of nitro benzene ring substituents is 1. The zero-order valence-electron chi connectivity index (χ0n) is 12.4. The van der Waals surface area contributed by atoms with Crippen LogP contribution in [0.4, 0.5) is 5.69 Å². The molecule has 0 radical (unpaired) electrons. The van der Waals surface area contributed by atoms with Gasteiger partial charge in [-0.15, -0.1) is 0 Å². The van der Waals surface area contributed by atoms with E-state index in [0.717, 1.165) is 25.8 Å². The molecule has 2 saturated heterocycles. The van der Waals surface area contributed by atoms with Gasteiger partial charge in [-0.2, -0.15) is 4.31 Å².